The van der Waals surface area contributed by atoms with Crippen LogP contribution >= 0.6 is 0 Å². The van der Waals surface area contributed by atoms with Crippen LogP contribution in [0.25, 0.3) is 11.0 Å². The zero-order valence-electron chi connectivity index (χ0n) is 33.7. The Morgan fingerprint density at radius 3 is 1.18 bits per heavy atom. The van der Waals surface area contributed by atoms with Gasteiger partial charge in [0, 0.05) is 38.3 Å². The highest BCUT2D eigenvalue weighted by Gasteiger charge is 2.28. The number of nitrogens with zero attached hydrogens (tertiary/aromatic N) is 4. The number of ether oxygens (including phenoxy) is 2. The first-order valence-electron chi connectivity index (χ1n) is 19.2. The van der Waals surface area contributed by atoms with Gasteiger partial charge < -0.3 is 29.9 Å². The average Bonchev–Trinajstić information content (AvgIpc) is 3.28. The number of para-hydroxylation sites is 2. The summed E-state index contributed by atoms with van der Waals surface area (Å²) in [7, 11) is 6.28. The summed E-state index contributed by atoms with van der Waals surface area (Å²) in [5.74, 6) is -0.948. The van der Waals surface area contributed by atoms with E-state index in [1.807, 2.05) is 60.7 Å². The Morgan fingerprint density at radius 1 is 0.517 bits per heavy atom. The fraction of sp³-hybridized carbons (Fsp3) is 0.217. The average molecular weight is 811 g/mol. The van der Waals surface area contributed by atoms with Gasteiger partial charge in [0.25, 0.3) is 0 Å². The number of fused-ring (bicyclic) bond motifs is 1. The molecule has 0 saturated heterocycles. The van der Waals surface area contributed by atoms with Crippen molar-refractivity contribution in [2.24, 2.45) is 0 Å². The molecule has 0 aliphatic heterocycles. The molecule has 60 heavy (non-hydrogen) atoms. The Bertz CT molecular complexity index is 2400. The molecule has 0 aliphatic rings. The van der Waals surface area contributed by atoms with Crippen molar-refractivity contribution >= 4 is 46.0 Å². The third kappa shape index (κ3) is 9.96. The topological polar surface area (TPSA) is 161 Å². The predicted molar refractivity (Wildman–Crippen MR) is 229 cm³/mol. The van der Waals surface area contributed by atoms with Crippen molar-refractivity contribution in [2.75, 3.05) is 38.1 Å². The number of benzene rings is 5. The van der Waals surface area contributed by atoms with Crippen LogP contribution in [0.5, 0.6) is 11.5 Å². The van der Waals surface area contributed by atoms with E-state index < -0.39 is 59.9 Å². The quantitative estimate of drug-likeness (QED) is 0.139. The molecule has 14 nitrogen and oxygen atoms in total. The molecule has 5 aromatic carbocycles. The SMILES string of the molecule is COc1ccc(N(C)C(=O)[C@H](Cc2ccccc2)NC(=O)Cn2c(=O)c(=O)n(CC(=O)N[C@@H](Cc3ccccc3)C(=O)N(C)c3ccc(OC)cc3)c3ccccc32)cc1. The number of amides is 4. The minimum Gasteiger partial charge on any atom is -0.497 e. The summed E-state index contributed by atoms with van der Waals surface area (Å²) in [6.07, 6.45) is 0.309. The summed E-state index contributed by atoms with van der Waals surface area (Å²) in [5.41, 5.74) is 1.06. The molecule has 14 heteroatoms. The molecule has 2 N–H and O–H groups in total. The lowest BCUT2D eigenvalue weighted by Crippen LogP contribution is -2.52. The minimum absolute atomic E-state index is 0.155. The summed E-state index contributed by atoms with van der Waals surface area (Å²) in [5, 5.41) is 5.59. The number of aromatic nitrogens is 2. The molecule has 6 rings (SSSR count). The molecule has 6 aromatic rings. The Hall–Kier alpha value is -7.48. The first-order chi connectivity index (χ1) is 29.0. The van der Waals surface area contributed by atoms with Gasteiger partial charge in [-0.3, -0.25) is 37.9 Å². The van der Waals surface area contributed by atoms with Crippen molar-refractivity contribution in [1.29, 1.82) is 0 Å². The van der Waals surface area contributed by atoms with Gasteiger partial charge in [0.2, 0.25) is 23.6 Å². The zero-order valence-corrected chi connectivity index (χ0v) is 33.7. The molecule has 0 bridgehead atoms. The number of hydrogen-bond donors (Lipinski definition) is 2. The molecular formula is C46H46N6O8. The van der Waals surface area contributed by atoms with E-state index in [1.54, 1.807) is 101 Å². The Balaban J connectivity index is 1.24. The molecule has 0 radical (unpaired) electrons. The van der Waals surface area contributed by atoms with E-state index in [0.717, 1.165) is 20.3 Å². The van der Waals surface area contributed by atoms with Crippen molar-refractivity contribution in [1.82, 2.24) is 19.8 Å². The summed E-state index contributed by atoms with van der Waals surface area (Å²) in [4.78, 5) is 85.9. The van der Waals surface area contributed by atoms with Gasteiger partial charge in [-0.1, -0.05) is 72.8 Å². The normalized spacial score (nSPS) is 11.9. The molecular weight excluding hydrogens is 765 g/mol. The van der Waals surface area contributed by atoms with Crippen LogP contribution in [-0.4, -0.2) is 73.2 Å². The number of rotatable bonds is 16. The molecule has 1 heterocycles. The number of likely N-dealkylation sites (N-methyl/N-ethyl adjacent to an activating group) is 2. The van der Waals surface area contributed by atoms with Gasteiger partial charge >= 0.3 is 11.1 Å². The van der Waals surface area contributed by atoms with E-state index in [2.05, 4.69) is 10.6 Å². The maximum Gasteiger partial charge on any atom is 0.317 e. The first-order valence-corrected chi connectivity index (χ1v) is 19.2. The highest BCUT2D eigenvalue weighted by atomic mass is 16.5. The molecule has 0 saturated carbocycles. The van der Waals surface area contributed by atoms with E-state index >= 15 is 0 Å². The van der Waals surface area contributed by atoms with Crippen LogP contribution in [0.15, 0.2) is 143 Å². The minimum atomic E-state index is -1.05. The maximum absolute atomic E-state index is 13.9. The van der Waals surface area contributed by atoms with Crippen LogP contribution in [0, 0.1) is 0 Å². The summed E-state index contributed by atoms with van der Waals surface area (Å²) < 4.78 is 12.5. The summed E-state index contributed by atoms with van der Waals surface area (Å²) in [6.45, 7) is -1.17. The Labute approximate surface area is 346 Å². The number of anilines is 2. The lowest BCUT2D eigenvalue weighted by molar-refractivity contribution is -0.127. The van der Waals surface area contributed by atoms with Gasteiger partial charge in [0.15, 0.2) is 0 Å². The lowest BCUT2D eigenvalue weighted by atomic mass is 10.0. The molecule has 0 spiro atoms. The van der Waals surface area contributed by atoms with Crippen molar-refractivity contribution < 1.29 is 28.7 Å². The van der Waals surface area contributed by atoms with Crippen LogP contribution in [0.3, 0.4) is 0 Å². The Morgan fingerprint density at radius 2 is 0.850 bits per heavy atom. The summed E-state index contributed by atoms with van der Waals surface area (Å²) >= 11 is 0. The van der Waals surface area contributed by atoms with Gasteiger partial charge in [0.1, 0.15) is 36.7 Å². The van der Waals surface area contributed by atoms with E-state index in [-0.39, 0.29) is 23.9 Å². The smallest absolute Gasteiger partial charge is 0.317 e. The number of carbonyl (C=O) groups excluding carboxylic acids is 4. The van der Waals surface area contributed by atoms with E-state index in [1.165, 1.54) is 9.80 Å². The van der Waals surface area contributed by atoms with Gasteiger partial charge in [-0.05, 0) is 71.8 Å². The van der Waals surface area contributed by atoms with Gasteiger partial charge in [0.05, 0.1) is 25.3 Å². The number of nitrogens with one attached hydrogen (secondary N) is 2. The molecule has 1 aromatic heterocycles. The largest absolute Gasteiger partial charge is 0.497 e. The van der Waals surface area contributed by atoms with Crippen LogP contribution < -0.4 is 41.0 Å². The van der Waals surface area contributed by atoms with Gasteiger partial charge in [-0.2, -0.15) is 0 Å². The van der Waals surface area contributed by atoms with Crippen LogP contribution in [0.2, 0.25) is 0 Å². The molecule has 0 unspecified atom stereocenters. The fourth-order valence-corrected chi connectivity index (χ4v) is 6.88. The number of carbonyl (C=O) groups is 4. The standard InChI is InChI=1S/C46H46N6O8/c1-49(33-19-23-35(59-3)24-20-33)43(55)37(27-31-13-7-5-8-14-31)47-41(53)29-51-39-17-11-12-18-40(39)52(46(58)45(51)57)30-42(54)48-38(28-32-15-9-6-10-16-32)44(56)50(2)34-21-25-36(60-4)26-22-34/h5-26,37-38H,27-30H2,1-4H3,(H,47,53)(H,48,54)/t37-,38-/m0/s1. The lowest BCUT2D eigenvalue weighted by Gasteiger charge is -2.26. The predicted octanol–water partition coefficient (Wildman–Crippen LogP) is 3.96. The van der Waals surface area contributed by atoms with Gasteiger partial charge in [-0.25, -0.2) is 0 Å². The highest BCUT2D eigenvalue weighted by Crippen LogP contribution is 2.21. The second-order valence-electron chi connectivity index (χ2n) is 14.1. The molecule has 308 valence electrons. The number of methoxy groups -OCH3 is 2. The first kappa shape index (κ1) is 42.1. The second kappa shape index (κ2) is 19.3. The third-order valence-corrected chi connectivity index (χ3v) is 10.2. The molecule has 4 amide bonds. The van der Waals surface area contributed by atoms with Crippen molar-refractivity contribution in [3.63, 3.8) is 0 Å². The number of hydrogen-bond acceptors (Lipinski definition) is 8. The fourth-order valence-electron chi connectivity index (χ4n) is 6.88. The van der Waals surface area contributed by atoms with Crippen LogP contribution in [0.4, 0.5) is 11.4 Å². The Kier molecular flexibility index (Phi) is 13.6. The van der Waals surface area contributed by atoms with E-state index in [4.69, 9.17) is 9.47 Å². The van der Waals surface area contributed by atoms with E-state index in [9.17, 15) is 28.8 Å². The van der Waals surface area contributed by atoms with Crippen molar-refractivity contribution in [2.45, 2.75) is 38.0 Å². The van der Waals surface area contributed by atoms with E-state index in [0.29, 0.717) is 22.9 Å². The summed E-state index contributed by atoms with van der Waals surface area (Å²) in [6, 6.07) is 36.5. The van der Waals surface area contributed by atoms with Crippen LogP contribution in [-0.2, 0) is 45.1 Å². The second-order valence-corrected chi connectivity index (χ2v) is 14.1. The highest BCUT2D eigenvalue weighted by molar-refractivity contribution is 6.00. The van der Waals surface area contributed by atoms with Crippen molar-refractivity contribution in [3.8, 4) is 11.5 Å². The monoisotopic (exact) mass is 810 g/mol. The zero-order chi connectivity index (χ0) is 42.8. The van der Waals surface area contributed by atoms with Crippen LogP contribution in [0.1, 0.15) is 11.1 Å². The molecule has 2 atom stereocenters. The maximum atomic E-state index is 13.9. The van der Waals surface area contributed by atoms with Crippen molar-refractivity contribution in [3.05, 3.63) is 165 Å². The van der Waals surface area contributed by atoms with Gasteiger partial charge in [-0.15, -0.1) is 0 Å². The molecule has 0 aliphatic carbocycles. The third-order valence-electron chi connectivity index (χ3n) is 10.2. The molecule has 0 fully saturated rings.